The Morgan fingerprint density at radius 3 is 2.50 bits per heavy atom. The molecule has 3 heteroatoms. The smallest absolute Gasteiger partial charge is 0.142 e. The molecule has 0 aliphatic heterocycles. The maximum absolute atomic E-state index is 14.3. The number of hydrogen-bond donors (Lipinski definition) is 1. The summed E-state index contributed by atoms with van der Waals surface area (Å²) in [5, 5.41) is 3.50. The minimum Gasteiger partial charge on any atom is -0.310 e. The molecule has 1 N–H and O–H groups in total. The number of rotatable bonds is 6. The zero-order valence-corrected chi connectivity index (χ0v) is 14.8. The normalized spacial score (nSPS) is 15.2. The van der Waals surface area contributed by atoms with Gasteiger partial charge >= 0.3 is 0 Å². The molecule has 1 nitrogen and oxygen atoms in total. The van der Waals surface area contributed by atoms with Crippen molar-refractivity contribution in [3.8, 4) is 0 Å². The quantitative estimate of drug-likeness (QED) is 0.698. The minimum atomic E-state index is -0.137. The van der Waals surface area contributed by atoms with Crippen LogP contribution in [0.1, 0.15) is 59.1 Å². The molecule has 114 valence electrons. The van der Waals surface area contributed by atoms with Crippen molar-refractivity contribution < 1.29 is 4.39 Å². The molecule has 1 aromatic rings. The van der Waals surface area contributed by atoms with Crippen LogP contribution in [-0.4, -0.2) is 6.54 Å². The summed E-state index contributed by atoms with van der Waals surface area (Å²) in [6.07, 6.45) is 1.99. The largest absolute Gasteiger partial charge is 0.310 e. The Morgan fingerprint density at radius 2 is 1.95 bits per heavy atom. The van der Waals surface area contributed by atoms with Gasteiger partial charge in [0.2, 0.25) is 0 Å². The first-order chi connectivity index (χ1) is 9.27. The number of halogens is 2. The van der Waals surface area contributed by atoms with Gasteiger partial charge in [-0.3, -0.25) is 0 Å². The maximum Gasteiger partial charge on any atom is 0.142 e. The van der Waals surface area contributed by atoms with Gasteiger partial charge < -0.3 is 5.32 Å². The van der Waals surface area contributed by atoms with Crippen LogP contribution in [-0.2, 0) is 0 Å². The van der Waals surface area contributed by atoms with Gasteiger partial charge in [0.25, 0.3) is 0 Å². The van der Waals surface area contributed by atoms with Crippen LogP contribution in [0, 0.1) is 17.2 Å². The molecule has 0 fully saturated rings. The monoisotopic (exact) mass is 343 g/mol. The fourth-order valence-electron chi connectivity index (χ4n) is 2.14. The highest BCUT2D eigenvalue weighted by Crippen LogP contribution is 2.35. The lowest BCUT2D eigenvalue weighted by Crippen LogP contribution is -2.28. The van der Waals surface area contributed by atoms with Crippen molar-refractivity contribution in [3.63, 3.8) is 0 Å². The van der Waals surface area contributed by atoms with E-state index < -0.39 is 0 Å². The third-order valence-electron chi connectivity index (χ3n) is 4.07. The van der Waals surface area contributed by atoms with Gasteiger partial charge in [0.05, 0.1) is 4.47 Å². The summed E-state index contributed by atoms with van der Waals surface area (Å²) in [6.45, 7) is 12.0. The SMILES string of the molecule is CCCNC(CC(C)C(C)(C)C)c1cccc(Br)c1F. The Bertz CT molecular complexity index is 425. The molecular formula is C17H27BrFN. The average Bonchev–Trinajstić information content (AvgIpc) is 2.36. The predicted molar refractivity (Wildman–Crippen MR) is 88.4 cm³/mol. The second kappa shape index (κ2) is 7.56. The summed E-state index contributed by atoms with van der Waals surface area (Å²) in [5.41, 5.74) is 0.998. The lowest BCUT2D eigenvalue weighted by molar-refractivity contribution is 0.221. The van der Waals surface area contributed by atoms with E-state index in [9.17, 15) is 4.39 Å². The van der Waals surface area contributed by atoms with Gasteiger partial charge in [-0.15, -0.1) is 0 Å². The molecule has 0 aliphatic carbocycles. The third kappa shape index (κ3) is 4.85. The number of hydrogen-bond acceptors (Lipinski definition) is 1. The van der Waals surface area contributed by atoms with Crippen LogP contribution in [0.5, 0.6) is 0 Å². The first-order valence-electron chi connectivity index (χ1n) is 7.44. The average molecular weight is 344 g/mol. The fourth-order valence-corrected chi connectivity index (χ4v) is 2.52. The molecule has 0 spiro atoms. The van der Waals surface area contributed by atoms with Gasteiger partial charge in [0, 0.05) is 11.6 Å². The van der Waals surface area contributed by atoms with E-state index in [4.69, 9.17) is 0 Å². The topological polar surface area (TPSA) is 12.0 Å². The van der Waals surface area contributed by atoms with Crippen LogP contribution in [0.3, 0.4) is 0 Å². The summed E-state index contributed by atoms with van der Waals surface area (Å²) >= 11 is 3.29. The van der Waals surface area contributed by atoms with Gasteiger partial charge in [-0.1, -0.05) is 46.8 Å². The molecule has 20 heavy (non-hydrogen) atoms. The summed E-state index contributed by atoms with van der Waals surface area (Å²) in [5.74, 6) is 0.373. The molecule has 0 heterocycles. The molecule has 0 aliphatic rings. The Balaban J connectivity index is 2.97. The Kier molecular flexibility index (Phi) is 6.67. The van der Waals surface area contributed by atoms with Crippen molar-refractivity contribution in [1.82, 2.24) is 5.32 Å². The van der Waals surface area contributed by atoms with Crippen molar-refractivity contribution in [1.29, 1.82) is 0 Å². The van der Waals surface area contributed by atoms with E-state index in [0.717, 1.165) is 24.9 Å². The van der Waals surface area contributed by atoms with Crippen LogP contribution in [0.4, 0.5) is 4.39 Å². The second-order valence-electron chi connectivity index (χ2n) is 6.65. The van der Waals surface area contributed by atoms with E-state index in [0.29, 0.717) is 10.4 Å². The lowest BCUT2D eigenvalue weighted by Gasteiger charge is -2.31. The molecule has 0 aromatic heterocycles. The highest BCUT2D eigenvalue weighted by atomic mass is 79.9. The van der Waals surface area contributed by atoms with Gasteiger partial charge in [-0.25, -0.2) is 4.39 Å². The first kappa shape index (κ1) is 17.6. The lowest BCUT2D eigenvalue weighted by atomic mass is 9.77. The minimum absolute atomic E-state index is 0.0710. The molecule has 0 bridgehead atoms. The van der Waals surface area contributed by atoms with Crippen LogP contribution in [0.15, 0.2) is 22.7 Å². The number of benzene rings is 1. The molecule has 2 unspecified atom stereocenters. The Morgan fingerprint density at radius 1 is 1.30 bits per heavy atom. The van der Waals surface area contributed by atoms with E-state index in [1.165, 1.54) is 0 Å². The maximum atomic E-state index is 14.3. The van der Waals surface area contributed by atoms with Gasteiger partial charge in [0.15, 0.2) is 0 Å². The van der Waals surface area contributed by atoms with Crippen molar-refractivity contribution in [2.45, 2.75) is 53.5 Å². The van der Waals surface area contributed by atoms with Gasteiger partial charge in [-0.2, -0.15) is 0 Å². The fraction of sp³-hybridized carbons (Fsp3) is 0.647. The van der Waals surface area contributed by atoms with E-state index >= 15 is 0 Å². The summed E-state index contributed by atoms with van der Waals surface area (Å²) < 4.78 is 14.9. The van der Waals surface area contributed by atoms with E-state index in [-0.39, 0.29) is 17.3 Å². The van der Waals surface area contributed by atoms with Crippen molar-refractivity contribution >= 4 is 15.9 Å². The molecular weight excluding hydrogens is 317 g/mol. The predicted octanol–water partition coefficient (Wildman–Crippen LogP) is 5.70. The molecule has 0 saturated heterocycles. The zero-order chi connectivity index (χ0) is 15.3. The second-order valence-corrected chi connectivity index (χ2v) is 7.51. The molecule has 1 rings (SSSR count). The molecule has 1 aromatic carbocycles. The first-order valence-corrected chi connectivity index (χ1v) is 8.24. The van der Waals surface area contributed by atoms with Crippen molar-refractivity contribution in [2.75, 3.05) is 6.54 Å². The van der Waals surface area contributed by atoms with Gasteiger partial charge in [-0.05, 0) is 52.7 Å². The third-order valence-corrected chi connectivity index (χ3v) is 4.68. The zero-order valence-electron chi connectivity index (χ0n) is 13.3. The van der Waals surface area contributed by atoms with Crippen LogP contribution >= 0.6 is 15.9 Å². The van der Waals surface area contributed by atoms with Gasteiger partial charge in [0.1, 0.15) is 5.82 Å². The summed E-state index contributed by atoms with van der Waals surface area (Å²) in [7, 11) is 0. The van der Waals surface area contributed by atoms with E-state index in [1.807, 2.05) is 12.1 Å². The molecule has 0 radical (unpaired) electrons. The van der Waals surface area contributed by atoms with Crippen molar-refractivity contribution in [2.24, 2.45) is 11.3 Å². The highest BCUT2D eigenvalue weighted by Gasteiger charge is 2.25. The molecule has 2 atom stereocenters. The van der Waals surface area contributed by atoms with Crippen LogP contribution in [0.2, 0.25) is 0 Å². The molecule has 0 saturated carbocycles. The van der Waals surface area contributed by atoms with Crippen LogP contribution < -0.4 is 5.32 Å². The van der Waals surface area contributed by atoms with E-state index in [1.54, 1.807) is 6.07 Å². The Hall–Kier alpha value is -0.410. The van der Waals surface area contributed by atoms with Crippen molar-refractivity contribution in [3.05, 3.63) is 34.1 Å². The standard InChI is InChI=1S/C17H27BrFN/c1-6-10-20-15(11-12(2)17(3,4)5)13-8-7-9-14(18)16(13)19/h7-9,12,15,20H,6,10-11H2,1-5H3. The summed E-state index contributed by atoms with van der Waals surface area (Å²) in [6, 6.07) is 5.62. The number of nitrogens with one attached hydrogen (secondary N) is 1. The summed E-state index contributed by atoms with van der Waals surface area (Å²) in [4.78, 5) is 0. The van der Waals surface area contributed by atoms with Crippen LogP contribution in [0.25, 0.3) is 0 Å². The van der Waals surface area contributed by atoms with E-state index in [2.05, 4.69) is 55.9 Å². The molecule has 0 amide bonds. The highest BCUT2D eigenvalue weighted by molar-refractivity contribution is 9.10. The Labute approximate surface area is 131 Å².